The van der Waals surface area contributed by atoms with Crippen molar-refractivity contribution in [1.29, 1.82) is 0 Å². The number of nitrogens with zero attached hydrogens (tertiary/aromatic N) is 3. The fourth-order valence-electron chi connectivity index (χ4n) is 2.75. The highest BCUT2D eigenvalue weighted by Gasteiger charge is 2.29. The molecule has 0 saturated heterocycles. The highest BCUT2D eigenvalue weighted by atomic mass is 16.5. The van der Waals surface area contributed by atoms with Crippen LogP contribution < -0.4 is 4.74 Å². The molecule has 0 aliphatic carbocycles. The molecule has 110 valence electrons. The third-order valence-electron chi connectivity index (χ3n) is 3.83. The van der Waals surface area contributed by atoms with Crippen molar-refractivity contribution in [2.24, 2.45) is 0 Å². The molecule has 0 amide bonds. The topological polar surface area (TPSA) is 77.2 Å². The standard InChI is InChI=1S/C15H17N3O3/c1-21-11-7-5-10(6-8-11)9-14-17-16-13-4-2-3-12(15(19)20)18(13)14/h5-8,12H,2-4,9H2,1H3,(H,19,20). The van der Waals surface area contributed by atoms with E-state index in [0.29, 0.717) is 18.7 Å². The lowest BCUT2D eigenvalue weighted by molar-refractivity contribution is -0.141. The number of methoxy groups -OCH3 is 1. The molecule has 1 aliphatic heterocycles. The Morgan fingerprint density at radius 2 is 2.14 bits per heavy atom. The number of carboxylic acids is 1. The third-order valence-corrected chi connectivity index (χ3v) is 3.83. The van der Waals surface area contributed by atoms with Crippen molar-refractivity contribution in [3.63, 3.8) is 0 Å². The Labute approximate surface area is 122 Å². The molecule has 0 fully saturated rings. The van der Waals surface area contributed by atoms with Crippen LogP contribution in [0.2, 0.25) is 0 Å². The van der Waals surface area contributed by atoms with Crippen molar-refractivity contribution < 1.29 is 14.6 Å². The summed E-state index contributed by atoms with van der Waals surface area (Å²) in [6, 6.07) is 7.14. The monoisotopic (exact) mass is 287 g/mol. The summed E-state index contributed by atoms with van der Waals surface area (Å²) >= 11 is 0. The van der Waals surface area contributed by atoms with Gasteiger partial charge in [-0.2, -0.15) is 0 Å². The van der Waals surface area contributed by atoms with Crippen molar-refractivity contribution in [3.05, 3.63) is 41.5 Å². The van der Waals surface area contributed by atoms with Gasteiger partial charge in [-0.1, -0.05) is 12.1 Å². The molecule has 6 heteroatoms. The Morgan fingerprint density at radius 1 is 1.38 bits per heavy atom. The van der Waals surface area contributed by atoms with Crippen LogP contribution >= 0.6 is 0 Å². The summed E-state index contributed by atoms with van der Waals surface area (Å²) < 4.78 is 6.92. The number of carbonyl (C=O) groups is 1. The molecule has 0 saturated carbocycles. The predicted octanol–water partition coefficient (Wildman–Crippen LogP) is 1.84. The molecule has 2 heterocycles. The van der Waals surface area contributed by atoms with Gasteiger partial charge in [0, 0.05) is 12.8 Å². The number of carboxylic acid groups (broad SMARTS) is 1. The first-order chi connectivity index (χ1) is 10.2. The SMILES string of the molecule is COc1ccc(Cc2nnc3n2C(C(=O)O)CCC3)cc1. The van der Waals surface area contributed by atoms with Gasteiger partial charge in [0.05, 0.1) is 7.11 Å². The smallest absolute Gasteiger partial charge is 0.326 e. The van der Waals surface area contributed by atoms with Crippen molar-refractivity contribution in [1.82, 2.24) is 14.8 Å². The van der Waals surface area contributed by atoms with Crippen LogP contribution in [0, 0.1) is 0 Å². The number of fused-ring (bicyclic) bond motifs is 1. The number of benzene rings is 1. The second kappa shape index (κ2) is 5.55. The van der Waals surface area contributed by atoms with Gasteiger partial charge in [-0.3, -0.25) is 0 Å². The van der Waals surface area contributed by atoms with Crippen LogP contribution in [0.3, 0.4) is 0 Å². The maximum absolute atomic E-state index is 11.4. The Morgan fingerprint density at radius 3 is 2.81 bits per heavy atom. The van der Waals surface area contributed by atoms with Crippen LogP contribution in [-0.4, -0.2) is 33.0 Å². The number of hydrogen-bond donors (Lipinski definition) is 1. The number of hydrogen-bond acceptors (Lipinski definition) is 4. The largest absolute Gasteiger partial charge is 0.497 e. The summed E-state index contributed by atoms with van der Waals surface area (Å²) in [5.41, 5.74) is 1.06. The van der Waals surface area contributed by atoms with Crippen molar-refractivity contribution in [2.75, 3.05) is 7.11 Å². The molecule has 1 aliphatic rings. The van der Waals surface area contributed by atoms with E-state index in [-0.39, 0.29) is 0 Å². The van der Waals surface area contributed by atoms with Crippen LogP contribution in [0.15, 0.2) is 24.3 Å². The zero-order valence-electron chi connectivity index (χ0n) is 11.8. The Balaban J connectivity index is 1.89. The van der Waals surface area contributed by atoms with Gasteiger partial charge in [0.15, 0.2) is 0 Å². The van der Waals surface area contributed by atoms with Gasteiger partial charge in [0.25, 0.3) is 0 Å². The van der Waals surface area contributed by atoms with Crippen molar-refractivity contribution in [3.8, 4) is 5.75 Å². The van der Waals surface area contributed by atoms with E-state index < -0.39 is 12.0 Å². The lowest BCUT2D eigenvalue weighted by Gasteiger charge is -2.22. The van der Waals surface area contributed by atoms with E-state index >= 15 is 0 Å². The molecule has 1 atom stereocenters. The van der Waals surface area contributed by atoms with E-state index in [2.05, 4.69) is 10.2 Å². The summed E-state index contributed by atoms with van der Waals surface area (Å²) in [6.45, 7) is 0. The molecule has 1 aromatic carbocycles. The van der Waals surface area contributed by atoms with Gasteiger partial charge < -0.3 is 14.4 Å². The van der Waals surface area contributed by atoms with Gasteiger partial charge in [0.2, 0.25) is 0 Å². The Kier molecular flexibility index (Phi) is 3.60. The van der Waals surface area contributed by atoms with E-state index in [4.69, 9.17) is 4.74 Å². The van der Waals surface area contributed by atoms with Crippen LogP contribution in [0.1, 0.15) is 36.1 Å². The number of ether oxygens (including phenoxy) is 1. The quantitative estimate of drug-likeness (QED) is 0.928. The first-order valence-corrected chi connectivity index (χ1v) is 6.97. The summed E-state index contributed by atoms with van der Waals surface area (Å²) in [5.74, 6) is 1.47. The van der Waals surface area contributed by atoms with Gasteiger partial charge >= 0.3 is 5.97 Å². The third kappa shape index (κ3) is 2.61. The van der Waals surface area contributed by atoms with Gasteiger partial charge in [-0.25, -0.2) is 4.79 Å². The number of aromatic nitrogens is 3. The van der Waals surface area contributed by atoms with Gasteiger partial charge in [-0.05, 0) is 30.5 Å². The maximum atomic E-state index is 11.4. The van der Waals surface area contributed by atoms with Crippen LogP contribution in [0.4, 0.5) is 0 Å². The average molecular weight is 287 g/mol. The fraction of sp³-hybridized carbons (Fsp3) is 0.400. The Hall–Kier alpha value is -2.37. The van der Waals surface area contributed by atoms with Crippen LogP contribution in [0.25, 0.3) is 0 Å². The predicted molar refractivity (Wildman–Crippen MR) is 75.4 cm³/mol. The first kappa shape index (κ1) is 13.6. The molecule has 0 spiro atoms. The summed E-state index contributed by atoms with van der Waals surface area (Å²) in [6.07, 6.45) is 2.84. The highest BCUT2D eigenvalue weighted by Crippen LogP contribution is 2.26. The summed E-state index contributed by atoms with van der Waals surface area (Å²) in [4.78, 5) is 11.4. The van der Waals surface area contributed by atoms with Crippen LogP contribution in [0.5, 0.6) is 5.75 Å². The lowest BCUT2D eigenvalue weighted by atomic mass is 10.0. The van der Waals surface area contributed by atoms with E-state index in [0.717, 1.165) is 30.0 Å². The number of rotatable bonds is 4. The maximum Gasteiger partial charge on any atom is 0.326 e. The molecule has 0 bridgehead atoms. The number of aliphatic carboxylic acids is 1. The summed E-state index contributed by atoms with van der Waals surface area (Å²) in [5, 5.41) is 17.7. The molecule has 1 N–H and O–H groups in total. The van der Waals surface area contributed by atoms with E-state index in [1.54, 1.807) is 11.7 Å². The minimum absolute atomic E-state index is 0.544. The first-order valence-electron chi connectivity index (χ1n) is 6.97. The lowest BCUT2D eigenvalue weighted by Crippen LogP contribution is -2.26. The fourth-order valence-corrected chi connectivity index (χ4v) is 2.75. The second-order valence-electron chi connectivity index (χ2n) is 5.17. The second-order valence-corrected chi connectivity index (χ2v) is 5.17. The van der Waals surface area contributed by atoms with E-state index in [1.807, 2.05) is 24.3 Å². The number of aryl methyl sites for hydroxylation is 1. The molecule has 3 rings (SSSR count). The molecule has 1 unspecified atom stereocenters. The molecule has 21 heavy (non-hydrogen) atoms. The van der Waals surface area contributed by atoms with E-state index in [9.17, 15) is 9.90 Å². The van der Waals surface area contributed by atoms with Crippen molar-refractivity contribution >= 4 is 5.97 Å². The molecular weight excluding hydrogens is 270 g/mol. The molecule has 0 radical (unpaired) electrons. The Bertz CT molecular complexity index is 649. The molecule has 2 aromatic rings. The van der Waals surface area contributed by atoms with Crippen molar-refractivity contribution in [2.45, 2.75) is 31.7 Å². The minimum atomic E-state index is -0.813. The van der Waals surface area contributed by atoms with E-state index in [1.165, 1.54) is 0 Å². The summed E-state index contributed by atoms with van der Waals surface area (Å²) in [7, 11) is 1.63. The molecule has 6 nitrogen and oxygen atoms in total. The normalized spacial score (nSPS) is 17.3. The minimum Gasteiger partial charge on any atom is -0.497 e. The average Bonchev–Trinajstić information content (AvgIpc) is 2.91. The van der Waals surface area contributed by atoms with Crippen LogP contribution in [-0.2, 0) is 17.6 Å². The zero-order valence-corrected chi connectivity index (χ0v) is 11.8. The van der Waals surface area contributed by atoms with Gasteiger partial charge in [-0.15, -0.1) is 10.2 Å². The molecular formula is C15H17N3O3. The molecule has 1 aromatic heterocycles. The zero-order chi connectivity index (χ0) is 14.8. The highest BCUT2D eigenvalue weighted by molar-refractivity contribution is 5.72. The van der Waals surface area contributed by atoms with Gasteiger partial charge in [0.1, 0.15) is 23.4 Å².